The van der Waals surface area contributed by atoms with E-state index in [-0.39, 0.29) is 17.7 Å². The number of hydrogen-bond acceptors (Lipinski definition) is 3. The molecule has 1 aliphatic heterocycles. The zero-order valence-corrected chi connectivity index (χ0v) is 18.8. The lowest BCUT2D eigenvalue weighted by atomic mass is 10.0. The van der Waals surface area contributed by atoms with Crippen LogP contribution in [0.3, 0.4) is 0 Å². The van der Waals surface area contributed by atoms with Crippen LogP contribution in [0.1, 0.15) is 63.4 Å². The molecule has 1 saturated heterocycles. The number of carbonyl (C=O) groups excluding carboxylic acids is 3. The van der Waals surface area contributed by atoms with Crippen molar-refractivity contribution in [2.75, 3.05) is 13.6 Å². The van der Waals surface area contributed by atoms with Gasteiger partial charge in [-0.1, -0.05) is 55.7 Å². The second-order valence-corrected chi connectivity index (χ2v) is 8.30. The molecule has 0 aromatic heterocycles. The molecule has 1 heterocycles. The highest BCUT2D eigenvalue weighted by Crippen LogP contribution is 2.14. The average molecular weight is 428 g/mol. The number of nitrogens with zero attached hydrogens (tertiary/aromatic N) is 1. The molecule has 170 valence electrons. The highest BCUT2D eigenvalue weighted by atomic mass is 16.2. The van der Waals surface area contributed by atoms with Crippen LogP contribution in [0.5, 0.6) is 0 Å². The maximum absolute atomic E-state index is 13.1. The molecule has 2 rings (SSSR count). The number of likely N-dealkylation sites (N-methyl/N-ethyl adjacent to an activating group) is 1. The first-order valence-corrected chi connectivity index (χ1v) is 11.5. The van der Waals surface area contributed by atoms with Crippen LogP contribution in [0.15, 0.2) is 43.0 Å². The van der Waals surface area contributed by atoms with E-state index in [0.717, 1.165) is 50.5 Å². The Balaban J connectivity index is 1.94. The zero-order valence-electron chi connectivity index (χ0n) is 18.8. The number of hydrogen-bond donors (Lipinski definition) is 2. The fraction of sp³-hybridized carbons (Fsp3) is 0.560. The van der Waals surface area contributed by atoms with Crippen LogP contribution in [0.25, 0.3) is 0 Å². The number of allylic oxidation sites excluding steroid dienone is 1. The summed E-state index contributed by atoms with van der Waals surface area (Å²) in [7, 11) is 1.69. The van der Waals surface area contributed by atoms with Gasteiger partial charge < -0.3 is 15.5 Å². The number of piperidine rings is 1. The first-order chi connectivity index (χ1) is 15.0. The van der Waals surface area contributed by atoms with Crippen LogP contribution in [-0.4, -0.2) is 48.3 Å². The maximum atomic E-state index is 13.1. The smallest absolute Gasteiger partial charge is 0.243 e. The largest absolute Gasteiger partial charge is 0.354 e. The van der Waals surface area contributed by atoms with Gasteiger partial charge >= 0.3 is 0 Å². The SMILES string of the molecule is C=CCCCCCCCC(=O)N(C)[C@@H](Cc1ccccc1)C(=O)N[C@H]1CCCNC1=O. The van der Waals surface area contributed by atoms with E-state index in [2.05, 4.69) is 17.2 Å². The molecule has 0 bridgehead atoms. The summed E-state index contributed by atoms with van der Waals surface area (Å²) < 4.78 is 0. The number of nitrogens with one attached hydrogen (secondary N) is 2. The normalized spacial score (nSPS) is 16.8. The predicted molar refractivity (Wildman–Crippen MR) is 123 cm³/mol. The van der Waals surface area contributed by atoms with Crippen LogP contribution in [0.4, 0.5) is 0 Å². The van der Waals surface area contributed by atoms with Crippen molar-refractivity contribution < 1.29 is 14.4 Å². The number of rotatable bonds is 13. The Morgan fingerprint density at radius 3 is 2.61 bits per heavy atom. The maximum Gasteiger partial charge on any atom is 0.243 e. The second-order valence-electron chi connectivity index (χ2n) is 8.30. The summed E-state index contributed by atoms with van der Waals surface area (Å²) in [6.45, 7) is 4.38. The number of benzene rings is 1. The van der Waals surface area contributed by atoms with Crippen molar-refractivity contribution in [1.29, 1.82) is 0 Å². The minimum Gasteiger partial charge on any atom is -0.354 e. The van der Waals surface area contributed by atoms with Gasteiger partial charge in [-0.3, -0.25) is 14.4 Å². The summed E-state index contributed by atoms with van der Waals surface area (Å²) in [6, 6.07) is 8.51. The molecule has 0 radical (unpaired) electrons. The lowest BCUT2D eigenvalue weighted by Crippen LogP contribution is -2.56. The number of carbonyl (C=O) groups is 3. The standard InChI is InChI=1S/C25H37N3O3/c1-3-4-5-6-7-8-12-17-23(29)28(2)22(19-20-14-10-9-11-15-20)25(31)27-21-16-13-18-26-24(21)30/h3,9-11,14-15,21-22H,1,4-8,12-13,16-19H2,2H3,(H,26,30)(H,27,31)/t21-,22-/m0/s1. The molecule has 31 heavy (non-hydrogen) atoms. The molecule has 1 aromatic rings. The van der Waals surface area contributed by atoms with E-state index >= 15 is 0 Å². The van der Waals surface area contributed by atoms with Crippen LogP contribution in [-0.2, 0) is 20.8 Å². The minimum absolute atomic E-state index is 0.0322. The van der Waals surface area contributed by atoms with E-state index in [1.165, 1.54) is 0 Å². The Labute approximate surface area is 186 Å². The van der Waals surface area contributed by atoms with Crippen LogP contribution in [0.2, 0.25) is 0 Å². The fourth-order valence-electron chi connectivity index (χ4n) is 3.87. The van der Waals surface area contributed by atoms with E-state index < -0.39 is 12.1 Å². The quantitative estimate of drug-likeness (QED) is 0.374. The zero-order chi connectivity index (χ0) is 22.5. The third-order valence-corrected chi connectivity index (χ3v) is 5.84. The van der Waals surface area contributed by atoms with Crippen molar-refractivity contribution in [1.82, 2.24) is 15.5 Å². The molecule has 1 aliphatic rings. The van der Waals surface area contributed by atoms with E-state index in [1.54, 1.807) is 11.9 Å². The van der Waals surface area contributed by atoms with E-state index in [9.17, 15) is 14.4 Å². The Morgan fingerprint density at radius 2 is 1.90 bits per heavy atom. The molecular weight excluding hydrogens is 390 g/mol. The third-order valence-electron chi connectivity index (χ3n) is 5.84. The first kappa shape index (κ1) is 24.6. The number of amides is 3. The van der Waals surface area contributed by atoms with Crippen molar-refractivity contribution in [3.63, 3.8) is 0 Å². The van der Waals surface area contributed by atoms with Crippen molar-refractivity contribution in [2.45, 2.75) is 76.3 Å². The summed E-state index contributed by atoms with van der Waals surface area (Å²) >= 11 is 0. The van der Waals surface area contributed by atoms with Crippen molar-refractivity contribution in [3.8, 4) is 0 Å². The third kappa shape index (κ3) is 8.56. The molecule has 2 atom stereocenters. The summed E-state index contributed by atoms with van der Waals surface area (Å²) in [5.74, 6) is -0.454. The topological polar surface area (TPSA) is 78.5 Å². The molecule has 6 nitrogen and oxygen atoms in total. The lowest BCUT2D eigenvalue weighted by molar-refractivity contribution is -0.140. The fourth-order valence-corrected chi connectivity index (χ4v) is 3.87. The molecule has 0 saturated carbocycles. The Morgan fingerprint density at radius 1 is 1.19 bits per heavy atom. The van der Waals surface area contributed by atoms with E-state index in [4.69, 9.17) is 0 Å². The summed E-state index contributed by atoms with van der Waals surface area (Å²) in [5.41, 5.74) is 0.984. The Kier molecular flexibility index (Phi) is 10.8. The predicted octanol–water partition coefficient (Wildman–Crippen LogP) is 3.37. The van der Waals surface area contributed by atoms with Gasteiger partial charge in [-0.05, 0) is 37.7 Å². The second kappa shape index (κ2) is 13.6. The molecule has 3 amide bonds. The molecular formula is C25H37N3O3. The molecule has 2 N–H and O–H groups in total. The van der Waals surface area contributed by atoms with Gasteiger partial charge in [-0.25, -0.2) is 0 Å². The van der Waals surface area contributed by atoms with Gasteiger partial charge in [-0.2, -0.15) is 0 Å². The average Bonchev–Trinajstić information content (AvgIpc) is 2.78. The van der Waals surface area contributed by atoms with Crippen molar-refractivity contribution >= 4 is 17.7 Å². The summed E-state index contributed by atoms with van der Waals surface area (Å²) in [6.07, 6.45) is 10.5. The van der Waals surface area contributed by atoms with Gasteiger partial charge in [0, 0.05) is 26.4 Å². The van der Waals surface area contributed by atoms with Gasteiger partial charge in [-0.15, -0.1) is 6.58 Å². The molecule has 6 heteroatoms. The summed E-state index contributed by atoms with van der Waals surface area (Å²) in [5, 5.41) is 5.66. The number of unbranched alkanes of at least 4 members (excludes halogenated alkanes) is 5. The Hall–Kier alpha value is -2.63. The van der Waals surface area contributed by atoms with E-state index in [0.29, 0.717) is 25.8 Å². The van der Waals surface area contributed by atoms with E-state index in [1.807, 2.05) is 36.4 Å². The van der Waals surface area contributed by atoms with Gasteiger partial charge in [0.15, 0.2) is 0 Å². The van der Waals surface area contributed by atoms with Crippen LogP contribution < -0.4 is 10.6 Å². The van der Waals surface area contributed by atoms with Gasteiger partial charge in [0.05, 0.1) is 0 Å². The first-order valence-electron chi connectivity index (χ1n) is 11.5. The molecule has 1 fully saturated rings. The van der Waals surface area contributed by atoms with Crippen LogP contribution in [0, 0.1) is 0 Å². The Bertz CT molecular complexity index is 720. The monoisotopic (exact) mass is 427 g/mol. The highest BCUT2D eigenvalue weighted by molar-refractivity contribution is 5.92. The van der Waals surface area contributed by atoms with Gasteiger partial charge in [0.2, 0.25) is 17.7 Å². The van der Waals surface area contributed by atoms with Crippen molar-refractivity contribution in [2.24, 2.45) is 0 Å². The van der Waals surface area contributed by atoms with Gasteiger partial charge in [0.25, 0.3) is 0 Å². The van der Waals surface area contributed by atoms with Crippen molar-refractivity contribution in [3.05, 3.63) is 48.6 Å². The molecule has 0 unspecified atom stereocenters. The summed E-state index contributed by atoms with van der Waals surface area (Å²) in [4.78, 5) is 39.5. The molecule has 1 aromatic carbocycles. The molecule has 0 aliphatic carbocycles. The van der Waals surface area contributed by atoms with Gasteiger partial charge in [0.1, 0.15) is 12.1 Å². The lowest BCUT2D eigenvalue weighted by Gasteiger charge is -2.30. The minimum atomic E-state index is -0.641. The van der Waals surface area contributed by atoms with Crippen LogP contribution >= 0.6 is 0 Å². The molecule has 0 spiro atoms. The highest BCUT2D eigenvalue weighted by Gasteiger charge is 2.31.